The van der Waals surface area contributed by atoms with Crippen molar-refractivity contribution in [3.63, 3.8) is 0 Å². The van der Waals surface area contributed by atoms with Crippen LogP contribution in [-0.4, -0.2) is 42.9 Å². The zero-order valence-corrected chi connectivity index (χ0v) is 36.5. The number of benzene rings is 3. The minimum absolute atomic E-state index is 0.208. The zero-order valence-electron chi connectivity index (χ0n) is 35.0. The van der Waals surface area contributed by atoms with Crippen LogP contribution in [0.4, 0.5) is 4.39 Å². The molecule has 8 rings (SSSR count). The van der Waals surface area contributed by atoms with Gasteiger partial charge in [0.05, 0.1) is 34.4 Å². The third-order valence-corrected chi connectivity index (χ3v) is 14.7. The molecule has 0 bridgehead atoms. The molecule has 318 valence electrons. The van der Waals surface area contributed by atoms with E-state index >= 15 is 0 Å². The third kappa shape index (κ3) is 10.3. The van der Waals surface area contributed by atoms with Gasteiger partial charge in [-0.15, -0.1) is 0 Å². The maximum Gasteiger partial charge on any atom is 0.142 e. The molecule has 6 nitrogen and oxygen atoms in total. The Bertz CT molecular complexity index is 2160. The number of hydrogen-bond acceptors (Lipinski definition) is 6. The van der Waals surface area contributed by atoms with Gasteiger partial charge in [0.15, 0.2) is 0 Å². The van der Waals surface area contributed by atoms with Crippen molar-refractivity contribution in [3.05, 3.63) is 98.6 Å². The van der Waals surface area contributed by atoms with E-state index in [4.69, 9.17) is 37.4 Å². The number of rotatable bonds is 13. The molecule has 0 saturated heterocycles. The first-order valence-electron chi connectivity index (χ1n) is 22.4. The first-order valence-corrected chi connectivity index (χ1v) is 23.2. The number of alkyl halides is 1. The molecule has 1 aliphatic heterocycles. The lowest BCUT2D eigenvalue weighted by Crippen LogP contribution is -2.27. The number of aliphatic imine (C=N–C) groups is 1. The second kappa shape index (κ2) is 19.1. The average Bonchev–Trinajstić information content (AvgIpc) is 3.90. The molecule has 4 unspecified atom stereocenters. The number of halogens is 3. The Labute approximate surface area is 365 Å². The molecule has 5 aliphatic rings. The van der Waals surface area contributed by atoms with Gasteiger partial charge in [0.25, 0.3) is 0 Å². The molecule has 1 spiro atoms. The first kappa shape index (κ1) is 42.8. The molecule has 3 fully saturated rings. The maximum atomic E-state index is 14.0. The van der Waals surface area contributed by atoms with Crippen molar-refractivity contribution in [1.82, 2.24) is 0 Å². The summed E-state index contributed by atoms with van der Waals surface area (Å²) in [5.74, 6) is 3.08. The number of ether oxygens (including phenoxy) is 3. The molecule has 0 amide bonds. The normalized spacial score (nSPS) is 27.7. The van der Waals surface area contributed by atoms with Crippen molar-refractivity contribution in [3.8, 4) is 34.4 Å². The fraction of sp³-hybridized carbons (Fsp3) is 0.529. The first-order chi connectivity index (χ1) is 29.1. The molecular weight excluding hydrogens is 794 g/mol. The minimum Gasteiger partial charge on any atom is -0.492 e. The lowest BCUT2D eigenvalue weighted by atomic mass is 9.81. The molecule has 0 radical (unpaired) electrons. The number of hydrogen-bond donors (Lipinski definition) is 1. The lowest BCUT2D eigenvalue weighted by Gasteiger charge is -2.30. The summed E-state index contributed by atoms with van der Waals surface area (Å²) in [6, 6.07) is 18.5. The van der Waals surface area contributed by atoms with E-state index in [1.165, 1.54) is 18.4 Å². The average molecular weight is 854 g/mol. The van der Waals surface area contributed by atoms with E-state index in [1.807, 2.05) is 43.3 Å². The Morgan fingerprint density at radius 1 is 0.917 bits per heavy atom. The van der Waals surface area contributed by atoms with Crippen LogP contribution in [0, 0.1) is 28.6 Å². The highest BCUT2D eigenvalue weighted by molar-refractivity contribution is 6.35. The van der Waals surface area contributed by atoms with Crippen LogP contribution in [0.5, 0.6) is 17.2 Å². The van der Waals surface area contributed by atoms with Crippen molar-refractivity contribution in [2.75, 3.05) is 19.8 Å². The number of nitriles is 1. The monoisotopic (exact) mass is 852 g/mol. The van der Waals surface area contributed by atoms with Crippen LogP contribution in [0.25, 0.3) is 11.1 Å². The summed E-state index contributed by atoms with van der Waals surface area (Å²) >= 11 is 14.2. The van der Waals surface area contributed by atoms with E-state index in [2.05, 4.69) is 35.3 Å². The summed E-state index contributed by atoms with van der Waals surface area (Å²) in [4.78, 5) is 4.30. The largest absolute Gasteiger partial charge is 0.492 e. The maximum absolute atomic E-state index is 14.0. The van der Waals surface area contributed by atoms with Gasteiger partial charge in [0.2, 0.25) is 0 Å². The van der Waals surface area contributed by atoms with Crippen molar-refractivity contribution in [2.45, 2.75) is 134 Å². The quantitative estimate of drug-likeness (QED) is 0.173. The Morgan fingerprint density at radius 2 is 1.78 bits per heavy atom. The number of fused-ring (bicyclic) bond motifs is 1. The second-order valence-electron chi connectivity index (χ2n) is 18.4. The van der Waals surface area contributed by atoms with Gasteiger partial charge in [0, 0.05) is 17.8 Å². The molecule has 3 aromatic carbocycles. The fourth-order valence-corrected chi connectivity index (χ4v) is 11.0. The Morgan fingerprint density at radius 3 is 2.67 bits per heavy atom. The molecule has 4 aliphatic carbocycles. The number of allylic oxidation sites excluding steroid dienone is 1. The smallest absolute Gasteiger partial charge is 0.142 e. The third-order valence-electron chi connectivity index (χ3n) is 14.0. The Balaban J connectivity index is 0.967. The van der Waals surface area contributed by atoms with Crippen molar-refractivity contribution in [2.24, 2.45) is 22.2 Å². The lowest BCUT2D eigenvalue weighted by molar-refractivity contribution is 0.0263. The summed E-state index contributed by atoms with van der Waals surface area (Å²) in [5.41, 5.74) is 6.53. The SMILES string of the molecule is CC1(O)CCCCC(Cc2cc(Cl)c(O[C@H]3CCc4c(-c5cccc(OCCCC6C[C@@]67CCCC(F)CC7)c5Cl)cccc43)cc2OCC2=CCN=CC(C#N)=C2)CC1. The minimum atomic E-state index is -0.635. The van der Waals surface area contributed by atoms with Crippen molar-refractivity contribution in [1.29, 1.82) is 5.26 Å². The van der Waals surface area contributed by atoms with E-state index in [0.29, 0.717) is 63.3 Å². The molecule has 3 aromatic rings. The van der Waals surface area contributed by atoms with Gasteiger partial charge >= 0.3 is 0 Å². The molecule has 1 N–H and O–H groups in total. The Hall–Kier alpha value is -3.83. The van der Waals surface area contributed by atoms with E-state index in [0.717, 1.165) is 124 Å². The molecule has 3 saturated carbocycles. The van der Waals surface area contributed by atoms with Crippen molar-refractivity contribution >= 4 is 29.4 Å². The van der Waals surface area contributed by atoms with E-state index in [1.54, 1.807) is 6.21 Å². The summed E-state index contributed by atoms with van der Waals surface area (Å²) in [7, 11) is 0. The van der Waals surface area contributed by atoms with Crippen LogP contribution in [-0.2, 0) is 12.8 Å². The van der Waals surface area contributed by atoms with E-state index < -0.39 is 11.8 Å². The summed E-state index contributed by atoms with van der Waals surface area (Å²) < 4.78 is 33.7. The molecule has 9 heteroatoms. The summed E-state index contributed by atoms with van der Waals surface area (Å²) in [6.07, 6.45) is 20.8. The van der Waals surface area contributed by atoms with Gasteiger partial charge < -0.3 is 19.3 Å². The Kier molecular flexibility index (Phi) is 13.6. The van der Waals surface area contributed by atoms with Crippen LogP contribution in [0.1, 0.15) is 126 Å². The van der Waals surface area contributed by atoms with Gasteiger partial charge in [-0.05, 0) is 154 Å². The zero-order chi connectivity index (χ0) is 41.7. The topological polar surface area (TPSA) is 84.1 Å². The predicted octanol–water partition coefficient (Wildman–Crippen LogP) is 13.3. The fourth-order valence-electron chi connectivity index (χ4n) is 10.5. The summed E-state index contributed by atoms with van der Waals surface area (Å²) in [6.45, 7) is 3.34. The predicted molar refractivity (Wildman–Crippen MR) is 239 cm³/mol. The van der Waals surface area contributed by atoms with Crippen LogP contribution in [0.2, 0.25) is 10.0 Å². The highest BCUT2D eigenvalue weighted by Gasteiger charge is 2.52. The van der Waals surface area contributed by atoms with E-state index in [9.17, 15) is 14.8 Å². The molecule has 60 heavy (non-hydrogen) atoms. The van der Waals surface area contributed by atoms with Gasteiger partial charge in [-0.1, -0.05) is 85.3 Å². The van der Waals surface area contributed by atoms with Crippen LogP contribution in [0.15, 0.2) is 76.8 Å². The molecular formula is C51H59Cl2FN2O4. The summed E-state index contributed by atoms with van der Waals surface area (Å²) in [5, 5.41) is 21.6. The highest BCUT2D eigenvalue weighted by Crippen LogP contribution is 2.62. The van der Waals surface area contributed by atoms with Crippen LogP contribution >= 0.6 is 23.2 Å². The standard InChI is InChI=1S/C51H59Cl2FN2O4/c1-50(57)20-3-2-8-34(17-22-50)27-37-28-44(52)48(29-47(37)59-33-35-19-24-56-32-36(26-35)31-55)60-45-16-15-41-40(11-4-12-42(41)45)43-13-5-14-46(49(43)53)58-25-7-9-38-30-51(38)21-6-10-39(54)18-23-51/h4-5,11-14,19,26,28-29,32,34,38-39,45,57H,2-3,6-10,15-18,20-25,27,30,33H2,1H3/t34?,38?,39?,45-,50?,51-/m0/s1. The molecule has 6 atom stereocenters. The molecule has 0 aromatic heterocycles. The number of aliphatic hydroxyl groups is 1. The van der Waals surface area contributed by atoms with Crippen molar-refractivity contribution < 1.29 is 23.7 Å². The highest BCUT2D eigenvalue weighted by atomic mass is 35.5. The van der Waals surface area contributed by atoms with Gasteiger partial charge in [-0.25, -0.2) is 4.39 Å². The molecule has 1 heterocycles. The van der Waals surface area contributed by atoms with Gasteiger partial charge in [-0.3, -0.25) is 4.99 Å². The van der Waals surface area contributed by atoms with E-state index in [-0.39, 0.29) is 12.7 Å². The second-order valence-corrected chi connectivity index (χ2v) is 19.2. The van der Waals surface area contributed by atoms with Crippen LogP contribution in [0.3, 0.4) is 0 Å². The van der Waals surface area contributed by atoms with Crippen LogP contribution < -0.4 is 14.2 Å². The number of nitrogens with zero attached hydrogens (tertiary/aromatic N) is 2. The van der Waals surface area contributed by atoms with Gasteiger partial charge in [0.1, 0.15) is 42.2 Å². The van der Waals surface area contributed by atoms with Gasteiger partial charge in [-0.2, -0.15) is 5.26 Å².